The number of rotatable bonds is 3. The Morgan fingerprint density at radius 2 is 1.56 bits per heavy atom. The summed E-state index contributed by atoms with van der Waals surface area (Å²) < 4.78 is 5.18. The number of carbonyl (C=O) groups is 3. The number of fused-ring (bicyclic) bond motifs is 3. The highest BCUT2D eigenvalue weighted by atomic mass is 35.5. The molecule has 0 unspecified atom stereocenters. The number of anilines is 1. The Hall–Kier alpha value is -2.61. The van der Waals surface area contributed by atoms with E-state index in [1.807, 2.05) is 18.9 Å². The Kier molecular flexibility index (Phi) is 4.78. The van der Waals surface area contributed by atoms with Crippen molar-refractivity contribution in [2.45, 2.75) is 37.9 Å². The second-order valence-corrected chi connectivity index (χ2v) is 9.65. The van der Waals surface area contributed by atoms with Gasteiger partial charge in [0.2, 0.25) is 11.8 Å². The molecule has 0 N–H and O–H groups in total. The number of hydrazine groups is 1. The molecule has 0 aromatic heterocycles. The van der Waals surface area contributed by atoms with Gasteiger partial charge in [0.25, 0.3) is 5.91 Å². The molecule has 2 aromatic carbocycles. The number of imide groups is 1. The van der Waals surface area contributed by atoms with E-state index >= 15 is 0 Å². The lowest BCUT2D eigenvalue weighted by Gasteiger charge is -2.38. The minimum atomic E-state index is -0.948. The molecular weight excluding hydrogens is 453 g/mol. The Balaban J connectivity index is 1.67. The first kappa shape index (κ1) is 21.2. The highest BCUT2D eigenvalue weighted by molar-refractivity contribution is 6.36. The molecule has 32 heavy (non-hydrogen) atoms. The molecule has 3 saturated heterocycles. The smallest absolute Gasteiger partial charge is 0.259 e. The molecule has 0 spiro atoms. The fourth-order valence-corrected chi connectivity index (χ4v) is 5.84. The number of benzene rings is 2. The van der Waals surface area contributed by atoms with Gasteiger partial charge in [-0.05, 0) is 50.2 Å². The van der Waals surface area contributed by atoms with Crippen LogP contribution < -0.4 is 9.64 Å². The van der Waals surface area contributed by atoms with Gasteiger partial charge < -0.3 is 4.74 Å². The third kappa shape index (κ3) is 2.81. The van der Waals surface area contributed by atoms with Gasteiger partial charge in [-0.25, -0.2) is 9.91 Å². The number of hydrogen-bond acceptors (Lipinski definition) is 5. The lowest BCUT2D eigenvalue weighted by molar-refractivity contribution is -0.146. The quantitative estimate of drug-likeness (QED) is 0.633. The Morgan fingerprint density at radius 3 is 2.16 bits per heavy atom. The summed E-state index contributed by atoms with van der Waals surface area (Å²) >= 11 is 13.1. The van der Waals surface area contributed by atoms with Crippen LogP contribution >= 0.6 is 23.2 Å². The number of nitrogens with zero attached hydrogens (tertiary/aromatic N) is 3. The van der Waals surface area contributed by atoms with Crippen LogP contribution in [0, 0.1) is 5.92 Å². The van der Waals surface area contributed by atoms with Crippen LogP contribution in [-0.4, -0.2) is 46.4 Å². The van der Waals surface area contributed by atoms with Crippen molar-refractivity contribution in [3.05, 3.63) is 58.1 Å². The maximum absolute atomic E-state index is 13.7. The average Bonchev–Trinajstić information content (AvgIpc) is 3.30. The first-order valence-corrected chi connectivity index (χ1v) is 11.0. The molecule has 9 heteroatoms. The van der Waals surface area contributed by atoms with Gasteiger partial charge in [-0.1, -0.05) is 29.3 Å². The van der Waals surface area contributed by atoms with E-state index in [0.717, 1.165) is 4.90 Å². The predicted octanol–water partition coefficient (Wildman–Crippen LogP) is 3.84. The zero-order valence-electron chi connectivity index (χ0n) is 17.7. The van der Waals surface area contributed by atoms with Crippen molar-refractivity contribution in [2.24, 2.45) is 5.92 Å². The van der Waals surface area contributed by atoms with Crippen LogP contribution in [0.25, 0.3) is 0 Å². The van der Waals surface area contributed by atoms with Crippen LogP contribution in [0.15, 0.2) is 42.5 Å². The second-order valence-electron chi connectivity index (χ2n) is 8.83. The summed E-state index contributed by atoms with van der Waals surface area (Å²) in [6.45, 7) is 3.83. The molecule has 3 aliphatic rings. The highest BCUT2D eigenvalue weighted by Crippen LogP contribution is 2.55. The Labute approximate surface area is 195 Å². The minimum absolute atomic E-state index is 0.201. The predicted molar refractivity (Wildman–Crippen MR) is 119 cm³/mol. The van der Waals surface area contributed by atoms with Crippen LogP contribution in [0.4, 0.5) is 5.69 Å². The lowest BCUT2D eigenvalue weighted by atomic mass is 9.87. The van der Waals surface area contributed by atoms with Crippen LogP contribution in [0.1, 0.15) is 31.9 Å². The van der Waals surface area contributed by atoms with Gasteiger partial charge in [0.1, 0.15) is 11.8 Å². The number of hydrogen-bond donors (Lipinski definition) is 0. The summed E-state index contributed by atoms with van der Waals surface area (Å²) in [4.78, 5) is 41.5. The van der Waals surface area contributed by atoms with Gasteiger partial charge in [-0.15, -0.1) is 0 Å². The van der Waals surface area contributed by atoms with Gasteiger partial charge in [-0.2, -0.15) is 0 Å². The SMILES string of the molecule is COc1ccc(N2C(=O)[C@H]3[C@@H](c4c(Cl)cccc4Cl)N4N(C(=O)CC4(C)C)[C@H]3C2=O)cc1. The molecule has 0 radical (unpaired) electrons. The minimum Gasteiger partial charge on any atom is -0.497 e. The third-order valence-corrected chi connectivity index (χ3v) is 7.16. The highest BCUT2D eigenvalue weighted by Gasteiger charge is 2.68. The van der Waals surface area contributed by atoms with Crippen LogP contribution in [0.5, 0.6) is 5.75 Å². The monoisotopic (exact) mass is 473 g/mol. The van der Waals surface area contributed by atoms with Gasteiger partial charge in [0, 0.05) is 27.6 Å². The van der Waals surface area contributed by atoms with Crippen LogP contribution in [-0.2, 0) is 14.4 Å². The van der Waals surface area contributed by atoms with Crippen molar-refractivity contribution in [2.75, 3.05) is 12.0 Å². The van der Waals surface area contributed by atoms with Gasteiger partial charge in [0.05, 0.1) is 24.8 Å². The van der Waals surface area contributed by atoms with Crippen molar-refractivity contribution in [3.63, 3.8) is 0 Å². The topological polar surface area (TPSA) is 70.2 Å². The van der Waals surface area contributed by atoms with E-state index < -0.39 is 29.4 Å². The number of carbonyl (C=O) groups excluding carboxylic acids is 3. The van der Waals surface area contributed by atoms with E-state index in [0.29, 0.717) is 27.0 Å². The van der Waals surface area contributed by atoms with E-state index in [4.69, 9.17) is 27.9 Å². The fourth-order valence-electron chi connectivity index (χ4n) is 5.22. The van der Waals surface area contributed by atoms with E-state index in [2.05, 4.69) is 0 Å². The molecule has 3 fully saturated rings. The molecule has 3 atom stereocenters. The van der Waals surface area contributed by atoms with Crippen molar-refractivity contribution in [1.82, 2.24) is 10.0 Å². The van der Waals surface area contributed by atoms with Gasteiger partial charge in [0.15, 0.2) is 0 Å². The Bertz CT molecular complexity index is 1130. The van der Waals surface area contributed by atoms with Crippen molar-refractivity contribution >= 4 is 46.6 Å². The van der Waals surface area contributed by atoms with E-state index in [9.17, 15) is 14.4 Å². The molecule has 3 amide bonds. The first-order valence-electron chi connectivity index (χ1n) is 10.2. The number of halogens is 2. The maximum Gasteiger partial charge on any atom is 0.259 e. The molecule has 3 heterocycles. The van der Waals surface area contributed by atoms with Crippen molar-refractivity contribution < 1.29 is 19.1 Å². The van der Waals surface area contributed by atoms with Crippen LogP contribution in [0.2, 0.25) is 10.0 Å². The molecule has 166 valence electrons. The van der Waals surface area contributed by atoms with Gasteiger partial charge >= 0.3 is 0 Å². The molecule has 0 bridgehead atoms. The molecule has 0 saturated carbocycles. The molecule has 7 nitrogen and oxygen atoms in total. The fraction of sp³-hybridized carbons (Fsp3) is 0.348. The Morgan fingerprint density at radius 1 is 0.938 bits per heavy atom. The summed E-state index contributed by atoms with van der Waals surface area (Å²) in [5.41, 5.74) is 0.366. The summed E-state index contributed by atoms with van der Waals surface area (Å²) in [7, 11) is 1.54. The summed E-state index contributed by atoms with van der Waals surface area (Å²) in [5, 5.41) is 4.07. The molecule has 5 rings (SSSR count). The zero-order chi connectivity index (χ0) is 22.9. The summed E-state index contributed by atoms with van der Waals surface area (Å²) in [6, 6.07) is 10.2. The van der Waals surface area contributed by atoms with E-state index in [-0.39, 0.29) is 18.2 Å². The maximum atomic E-state index is 13.7. The van der Waals surface area contributed by atoms with Crippen LogP contribution in [0.3, 0.4) is 0 Å². The molecule has 3 aliphatic heterocycles. The number of methoxy groups -OCH3 is 1. The van der Waals surface area contributed by atoms with Gasteiger partial charge in [-0.3, -0.25) is 19.4 Å². The summed E-state index contributed by atoms with van der Waals surface area (Å²) in [6.07, 6.45) is 0.221. The third-order valence-electron chi connectivity index (χ3n) is 6.50. The molecular formula is C23H21Cl2N3O4. The summed E-state index contributed by atoms with van der Waals surface area (Å²) in [5.74, 6) is -1.24. The first-order chi connectivity index (χ1) is 15.2. The largest absolute Gasteiger partial charge is 0.497 e. The lowest BCUT2D eigenvalue weighted by Crippen LogP contribution is -2.50. The zero-order valence-corrected chi connectivity index (χ0v) is 19.2. The second kappa shape index (κ2) is 7.20. The van der Waals surface area contributed by atoms with Crippen molar-refractivity contribution in [1.29, 1.82) is 0 Å². The van der Waals surface area contributed by atoms with E-state index in [1.165, 1.54) is 5.01 Å². The standard InChI is InChI=1S/C23H21Cl2N3O4/c1-23(2)11-16(29)27-20-18(19(28(23)27)17-14(24)5-4-6-15(17)25)21(30)26(22(20)31)12-7-9-13(32-3)10-8-12/h4-10,18-20H,11H2,1-3H3/t18-,19+,20+/m0/s1. The van der Waals surface area contributed by atoms with E-state index in [1.54, 1.807) is 49.6 Å². The average molecular weight is 474 g/mol. The molecule has 2 aromatic rings. The molecule has 0 aliphatic carbocycles. The van der Waals surface area contributed by atoms with Crippen molar-refractivity contribution in [3.8, 4) is 5.75 Å². The number of amides is 3. The number of ether oxygens (including phenoxy) is 1. The normalized spacial score (nSPS) is 26.7.